The van der Waals surface area contributed by atoms with Gasteiger partial charge < -0.3 is 9.84 Å². The summed E-state index contributed by atoms with van der Waals surface area (Å²) in [5, 5.41) is 6.56. The molecular formula is C11H13N3O3. The van der Waals surface area contributed by atoms with Crippen molar-refractivity contribution in [1.82, 2.24) is 15.4 Å². The molecule has 2 fully saturated rings. The van der Waals surface area contributed by atoms with E-state index >= 15 is 0 Å². The van der Waals surface area contributed by atoms with Crippen LogP contribution < -0.4 is 5.32 Å². The Morgan fingerprint density at radius 1 is 1.53 bits per heavy atom. The molecule has 1 spiro atoms. The van der Waals surface area contributed by atoms with Crippen molar-refractivity contribution in [1.29, 1.82) is 0 Å². The van der Waals surface area contributed by atoms with E-state index in [-0.39, 0.29) is 18.5 Å². The Balaban J connectivity index is 1.79. The van der Waals surface area contributed by atoms with Gasteiger partial charge in [-0.25, -0.2) is 4.79 Å². The number of urea groups is 1. The third kappa shape index (κ3) is 1.44. The van der Waals surface area contributed by atoms with Gasteiger partial charge in [0, 0.05) is 6.07 Å². The Morgan fingerprint density at radius 2 is 2.29 bits per heavy atom. The number of imide groups is 1. The first-order valence-electron chi connectivity index (χ1n) is 5.67. The lowest BCUT2D eigenvalue weighted by Crippen LogP contribution is -2.52. The highest BCUT2D eigenvalue weighted by atomic mass is 16.5. The number of hydrogen-bond donors (Lipinski definition) is 1. The van der Waals surface area contributed by atoms with E-state index in [0.29, 0.717) is 11.5 Å². The van der Waals surface area contributed by atoms with E-state index in [1.807, 2.05) is 0 Å². The van der Waals surface area contributed by atoms with Crippen molar-refractivity contribution in [2.24, 2.45) is 0 Å². The van der Waals surface area contributed by atoms with Crippen molar-refractivity contribution in [2.45, 2.75) is 38.3 Å². The van der Waals surface area contributed by atoms with Crippen LogP contribution in [0.15, 0.2) is 10.6 Å². The zero-order valence-corrected chi connectivity index (χ0v) is 9.52. The Bertz CT molecular complexity index is 490. The Hall–Kier alpha value is -1.85. The molecule has 0 atom stereocenters. The highest BCUT2D eigenvalue weighted by Gasteiger charge is 2.54. The number of rotatable bonds is 2. The summed E-state index contributed by atoms with van der Waals surface area (Å²) in [4.78, 5) is 25.1. The molecule has 1 aromatic rings. The molecule has 3 rings (SSSR count). The summed E-state index contributed by atoms with van der Waals surface area (Å²) in [5.74, 6) is 0.541. The summed E-state index contributed by atoms with van der Waals surface area (Å²) in [7, 11) is 0. The number of aryl methyl sites for hydroxylation is 1. The summed E-state index contributed by atoms with van der Waals surface area (Å²) < 4.78 is 4.92. The zero-order valence-electron chi connectivity index (χ0n) is 9.52. The average Bonchev–Trinajstić information content (AvgIpc) is 2.74. The van der Waals surface area contributed by atoms with Crippen molar-refractivity contribution < 1.29 is 14.1 Å². The van der Waals surface area contributed by atoms with Crippen molar-refractivity contribution in [2.75, 3.05) is 0 Å². The minimum atomic E-state index is -0.615. The maximum Gasteiger partial charge on any atom is 0.325 e. The highest BCUT2D eigenvalue weighted by molar-refractivity contribution is 6.07. The largest absolute Gasteiger partial charge is 0.361 e. The second-order valence-corrected chi connectivity index (χ2v) is 4.69. The van der Waals surface area contributed by atoms with Crippen LogP contribution >= 0.6 is 0 Å². The number of amides is 3. The number of carbonyl (C=O) groups is 2. The molecule has 1 saturated carbocycles. The van der Waals surface area contributed by atoms with Crippen LogP contribution in [-0.2, 0) is 11.3 Å². The lowest BCUT2D eigenvalue weighted by molar-refractivity contribution is -0.134. The maximum absolute atomic E-state index is 12.1. The van der Waals surface area contributed by atoms with Crippen molar-refractivity contribution in [3.8, 4) is 0 Å². The molecule has 90 valence electrons. The van der Waals surface area contributed by atoms with Gasteiger partial charge in [0.15, 0.2) is 0 Å². The van der Waals surface area contributed by atoms with Crippen LogP contribution in [0.3, 0.4) is 0 Å². The third-order valence-electron chi connectivity index (χ3n) is 3.45. The standard InChI is InChI=1S/C11H13N3O3/c1-7-5-8(13-17-7)6-14-9(15)11(3-2-4-11)12-10(14)16/h5H,2-4,6H2,1H3,(H,12,16). The topological polar surface area (TPSA) is 75.4 Å². The molecule has 3 amide bonds. The molecule has 6 nitrogen and oxygen atoms in total. The fourth-order valence-electron chi connectivity index (χ4n) is 2.34. The van der Waals surface area contributed by atoms with Crippen LogP contribution in [0.5, 0.6) is 0 Å². The number of nitrogens with zero attached hydrogens (tertiary/aromatic N) is 2. The number of aromatic nitrogens is 1. The number of nitrogens with one attached hydrogen (secondary N) is 1. The Labute approximate surface area is 97.9 Å². The van der Waals surface area contributed by atoms with Gasteiger partial charge in [-0.3, -0.25) is 9.69 Å². The van der Waals surface area contributed by atoms with Crippen LogP contribution in [0.25, 0.3) is 0 Å². The van der Waals surface area contributed by atoms with E-state index in [1.54, 1.807) is 13.0 Å². The minimum Gasteiger partial charge on any atom is -0.361 e. The monoisotopic (exact) mass is 235 g/mol. The molecular weight excluding hydrogens is 222 g/mol. The molecule has 1 N–H and O–H groups in total. The number of carbonyl (C=O) groups excluding carboxylic acids is 2. The molecule has 17 heavy (non-hydrogen) atoms. The zero-order chi connectivity index (χ0) is 12.0. The van der Waals surface area contributed by atoms with Gasteiger partial charge >= 0.3 is 6.03 Å². The van der Waals surface area contributed by atoms with Crippen LogP contribution in [-0.4, -0.2) is 27.5 Å². The van der Waals surface area contributed by atoms with Crippen molar-refractivity contribution in [3.05, 3.63) is 17.5 Å². The first-order chi connectivity index (χ1) is 8.11. The SMILES string of the molecule is Cc1cc(CN2C(=O)NC3(CCC3)C2=O)no1. The van der Waals surface area contributed by atoms with Gasteiger partial charge in [0.2, 0.25) is 0 Å². The lowest BCUT2D eigenvalue weighted by atomic mass is 9.77. The summed E-state index contributed by atoms with van der Waals surface area (Å²) in [6, 6.07) is 1.40. The van der Waals surface area contributed by atoms with Gasteiger partial charge in [-0.2, -0.15) is 0 Å². The Kier molecular flexibility index (Phi) is 2.01. The molecule has 1 aliphatic carbocycles. The third-order valence-corrected chi connectivity index (χ3v) is 3.45. The lowest BCUT2D eigenvalue weighted by Gasteiger charge is -2.34. The smallest absolute Gasteiger partial charge is 0.325 e. The molecule has 2 heterocycles. The highest BCUT2D eigenvalue weighted by Crippen LogP contribution is 2.37. The molecule has 0 unspecified atom stereocenters. The molecule has 0 bridgehead atoms. The molecule has 6 heteroatoms. The molecule has 0 aromatic carbocycles. The molecule has 1 aromatic heterocycles. The summed E-state index contributed by atoms with van der Waals surface area (Å²) >= 11 is 0. The number of hydrogen-bond acceptors (Lipinski definition) is 4. The first-order valence-corrected chi connectivity index (χ1v) is 5.67. The van der Waals surface area contributed by atoms with Gasteiger partial charge in [0.1, 0.15) is 17.0 Å². The van der Waals surface area contributed by atoms with Gasteiger partial charge in [-0.1, -0.05) is 5.16 Å². The fraction of sp³-hybridized carbons (Fsp3) is 0.545. The van der Waals surface area contributed by atoms with Crippen molar-refractivity contribution in [3.63, 3.8) is 0 Å². The van der Waals surface area contributed by atoms with E-state index in [1.165, 1.54) is 4.90 Å². The van der Waals surface area contributed by atoms with Gasteiger partial charge in [0.05, 0.1) is 6.54 Å². The average molecular weight is 235 g/mol. The van der Waals surface area contributed by atoms with Crippen molar-refractivity contribution >= 4 is 11.9 Å². The minimum absolute atomic E-state index is 0.130. The summed E-state index contributed by atoms with van der Waals surface area (Å²) in [5.41, 5.74) is -0.0158. The predicted molar refractivity (Wildman–Crippen MR) is 56.9 cm³/mol. The first kappa shape index (κ1) is 10.3. The van der Waals surface area contributed by atoms with E-state index in [2.05, 4.69) is 10.5 Å². The van der Waals surface area contributed by atoms with Gasteiger partial charge in [0.25, 0.3) is 5.91 Å². The maximum atomic E-state index is 12.1. The van der Waals surface area contributed by atoms with E-state index in [0.717, 1.165) is 19.3 Å². The molecule has 0 radical (unpaired) electrons. The van der Waals surface area contributed by atoms with Gasteiger partial charge in [-0.05, 0) is 26.2 Å². The van der Waals surface area contributed by atoms with Crippen LogP contribution in [0.1, 0.15) is 30.7 Å². The summed E-state index contributed by atoms with van der Waals surface area (Å²) in [6.07, 6.45) is 2.47. The fourth-order valence-corrected chi connectivity index (χ4v) is 2.34. The molecule has 1 aliphatic heterocycles. The van der Waals surface area contributed by atoms with Crippen LogP contribution in [0, 0.1) is 6.92 Å². The van der Waals surface area contributed by atoms with E-state index < -0.39 is 5.54 Å². The molecule has 1 saturated heterocycles. The normalized spacial score (nSPS) is 21.8. The van der Waals surface area contributed by atoms with E-state index in [4.69, 9.17) is 4.52 Å². The van der Waals surface area contributed by atoms with Crippen LogP contribution in [0.2, 0.25) is 0 Å². The second kappa shape index (κ2) is 3.32. The quantitative estimate of drug-likeness (QED) is 0.774. The predicted octanol–water partition coefficient (Wildman–Crippen LogP) is 0.958. The van der Waals surface area contributed by atoms with Gasteiger partial charge in [-0.15, -0.1) is 0 Å². The van der Waals surface area contributed by atoms with Crippen LogP contribution in [0.4, 0.5) is 4.79 Å². The molecule has 2 aliphatic rings. The Morgan fingerprint density at radius 3 is 2.76 bits per heavy atom. The summed E-state index contributed by atoms with van der Waals surface area (Å²) in [6.45, 7) is 1.96. The van der Waals surface area contributed by atoms with E-state index in [9.17, 15) is 9.59 Å². The second-order valence-electron chi connectivity index (χ2n) is 4.69.